The molecule has 0 bridgehead atoms. The third-order valence-corrected chi connectivity index (χ3v) is 9.92. The number of sulfonamides is 1. The van der Waals surface area contributed by atoms with E-state index < -0.39 is 16.1 Å². The van der Waals surface area contributed by atoms with Crippen LogP contribution in [0, 0.1) is 5.92 Å². The minimum atomic E-state index is -3.20. The molecule has 4 heterocycles. The highest BCUT2D eigenvalue weighted by atomic mass is 32.2. The van der Waals surface area contributed by atoms with Gasteiger partial charge < -0.3 is 0 Å². The Morgan fingerprint density at radius 2 is 1.94 bits per heavy atom. The second-order valence-electron chi connectivity index (χ2n) is 9.66. The fraction of sp³-hybridized carbons (Fsp3) is 0.609. The van der Waals surface area contributed by atoms with E-state index in [2.05, 4.69) is 16.5 Å². The lowest BCUT2D eigenvalue weighted by Gasteiger charge is -2.38. The lowest BCUT2D eigenvalue weighted by Crippen LogP contribution is -2.49. The molecule has 2 atom stereocenters. The topological polar surface area (TPSA) is 104 Å². The van der Waals surface area contributed by atoms with Crippen molar-refractivity contribution in [2.75, 3.05) is 18.0 Å². The summed E-state index contributed by atoms with van der Waals surface area (Å²) in [6.07, 6.45) is 10.00. The van der Waals surface area contributed by atoms with Gasteiger partial charge in [0.15, 0.2) is 0 Å². The lowest BCUT2D eigenvalue weighted by atomic mass is 9.88. The summed E-state index contributed by atoms with van der Waals surface area (Å²) >= 11 is 0. The second-order valence-corrected chi connectivity index (χ2v) is 11.8. The molecule has 3 amide bonds. The van der Waals surface area contributed by atoms with E-state index in [1.807, 2.05) is 19.2 Å². The van der Waals surface area contributed by atoms with Crippen LogP contribution < -0.4 is 10.2 Å². The average Bonchev–Trinajstić information content (AvgIpc) is 3.44. The van der Waals surface area contributed by atoms with E-state index in [0.717, 1.165) is 56.0 Å². The van der Waals surface area contributed by atoms with E-state index in [1.54, 1.807) is 19.9 Å². The first-order chi connectivity index (χ1) is 15.8. The number of anilines is 1. The molecular formula is C23H31N5O4S. The largest absolute Gasteiger partial charge is 0.328 e. The van der Waals surface area contributed by atoms with Gasteiger partial charge in [-0.3, -0.25) is 15.0 Å². The molecule has 2 aromatic heterocycles. The van der Waals surface area contributed by atoms with Gasteiger partial charge in [0.1, 0.15) is 0 Å². The van der Waals surface area contributed by atoms with E-state index in [9.17, 15) is 18.0 Å². The molecule has 3 fully saturated rings. The number of fused-ring (bicyclic) bond motifs is 1. The first kappa shape index (κ1) is 22.3. The van der Waals surface area contributed by atoms with Crippen LogP contribution in [0.15, 0.2) is 24.5 Å². The summed E-state index contributed by atoms with van der Waals surface area (Å²) in [7, 11) is -3.20. The van der Waals surface area contributed by atoms with Gasteiger partial charge in [-0.05, 0) is 62.6 Å². The molecule has 9 nitrogen and oxygen atoms in total. The summed E-state index contributed by atoms with van der Waals surface area (Å²) in [5.41, 5.74) is 2.65. The third-order valence-electron chi connectivity index (χ3n) is 7.41. The smallest absolute Gasteiger partial charge is 0.290 e. The molecular weight excluding hydrogens is 442 g/mol. The van der Waals surface area contributed by atoms with E-state index in [0.29, 0.717) is 24.7 Å². The maximum Gasteiger partial charge on any atom is 0.328 e. The first-order valence-electron chi connectivity index (χ1n) is 11.9. The van der Waals surface area contributed by atoms with Crippen molar-refractivity contribution in [3.63, 3.8) is 0 Å². The van der Waals surface area contributed by atoms with Crippen molar-refractivity contribution < 1.29 is 18.0 Å². The Morgan fingerprint density at radius 3 is 2.67 bits per heavy atom. The fourth-order valence-electron chi connectivity index (χ4n) is 5.66. The monoisotopic (exact) mass is 473 g/mol. The van der Waals surface area contributed by atoms with Gasteiger partial charge in [0.2, 0.25) is 15.9 Å². The van der Waals surface area contributed by atoms with E-state index >= 15 is 0 Å². The van der Waals surface area contributed by atoms with Crippen molar-refractivity contribution in [2.24, 2.45) is 5.92 Å². The molecule has 0 unspecified atom stereocenters. The van der Waals surface area contributed by atoms with Gasteiger partial charge in [0, 0.05) is 31.7 Å². The highest BCUT2D eigenvalue weighted by molar-refractivity contribution is 7.89. The van der Waals surface area contributed by atoms with E-state index in [4.69, 9.17) is 0 Å². The maximum absolute atomic E-state index is 13.1. The number of hydrogen-bond acceptors (Lipinski definition) is 5. The minimum Gasteiger partial charge on any atom is -0.290 e. The lowest BCUT2D eigenvalue weighted by molar-refractivity contribution is -0.120. The first-order valence-corrected chi connectivity index (χ1v) is 13.4. The number of carbonyl (C=O) groups is 2. The number of urea groups is 1. The molecule has 0 spiro atoms. The van der Waals surface area contributed by atoms with Crippen molar-refractivity contribution in [3.8, 4) is 0 Å². The van der Waals surface area contributed by atoms with Crippen LogP contribution in [0.1, 0.15) is 57.4 Å². The third kappa shape index (κ3) is 4.26. The molecule has 178 valence electrons. The van der Waals surface area contributed by atoms with Gasteiger partial charge in [0.25, 0.3) is 0 Å². The maximum atomic E-state index is 13.1. The standard InChI is InChI=1S/C23H31N5O4S/c1-16-12-17(7-11-28(16)33(31,32)19-4-2-3-5-19)13-18-6-10-27-20(14-18)21(15-24-27)26-9-8-22(29)25-23(26)30/h6,10,14-17,19H,2-5,7-9,11-13H2,1H3,(H,25,29,30)/t16-,17+/m0/s1. The minimum absolute atomic E-state index is 0.0122. The summed E-state index contributed by atoms with van der Waals surface area (Å²) in [6.45, 7) is 2.96. The molecule has 2 aliphatic heterocycles. The fourth-order valence-corrected chi connectivity index (χ4v) is 7.92. The molecule has 1 N–H and O–H groups in total. The zero-order chi connectivity index (χ0) is 23.2. The van der Waals surface area contributed by atoms with Gasteiger partial charge >= 0.3 is 6.03 Å². The van der Waals surface area contributed by atoms with Crippen molar-refractivity contribution in [3.05, 3.63) is 30.1 Å². The van der Waals surface area contributed by atoms with Crippen LogP contribution in [0.3, 0.4) is 0 Å². The van der Waals surface area contributed by atoms with Crippen molar-refractivity contribution >= 4 is 33.2 Å². The van der Waals surface area contributed by atoms with E-state index in [1.165, 1.54) is 0 Å². The zero-order valence-corrected chi connectivity index (χ0v) is 19.8. The second kappa shape index (κ2) is 8.72. The molecule has 33 heavy (non-hydrogen) atoms. The predicted octanol–water partition coefficient (Wildman–Crippen LogP) is 2.70. The summed E-state index contributed by atoms with van der Waals surface area (Å²) in [4.78, 5) is 25.3. The number of aromatic nitrogens is 2. The Labute approximate surface area is 194 Å². The molecule has 0 aromatic carbocycles. The number of nitrogens with one attached hydrogen (secondary N) is 1. The van der Waals surface area contributed by atoms with Crippen molar-refractivity contribution in [1.29, 1.82) is 0 Å². The number of imide groups is 1. The van der Waals surface area contributed by atoms with Gasteiger partial charge in [-0.1, -0.05) is 12.8 Å². The van der Waals surface area contributed by atoms with Crippen LogP contribution in [0.25, 0.3) is 5.52 Å². The molecule has 10 heteroatoms. The number of pyridine rings is 1. The van der Waals surface area contributed by atoms with Crippen LogP contribution in [-0.4, -0.2) is 58.7 Å². The summed E-state index contributed by atoms with van der Waals surface area (Å²) in [5, 5.41) is 6.53. The van der Waals surface area contributed by atoms with Gasteiger partial charge in [-0.25, -0.2) is 17.7 Å². The Hall–Kier alpha value is -2.46. The van der Waals surface area contributed by atoms with Gasteiger partial charge in [-0.2, -0.15) is 9.40 Å². The normalized spacial score (nSPS) is 25.7. The molecule has 0 radical (unpaired) electrons. The Kier molecular flexibility index (Phi) is 5.90. The number of rotatable bonds is 5. The highest BCUT2D eigenvalue weighted by Crippen LogP contribution is 2.34. The van der Waals surface area contributed by atoms with Crippen LogP contribution >= 0.6 is 0 Å². The molecule has 5 rings (SSSR count). The average molecular weight is 474 g/mol. The number of hydrogen-bond donors (Lipinski definition) is 1. The van der Waals surface area contributed by atoms with Gasteiger partial charge in [-0.15, -0.1) is 0 Å². The summed E-state index contributed by atoms with van der Waals surface area (Å²) in [6, 6.07) is 3.68. The van der Waals surface area contributed by atoms with Crippen molar-refractivity contribution in [1.82, 2.24) is 19.2 Å². The molecule has 1 aliphatic carbocycles. The van der Waals surface area contributed by atoms with Crippen LogP contribution in [-0.2, 0) is 21.2 Å². The summed E-state index contributed by atoms with van der Waals surface area (Å²) in [5.74, 6) is 0.142. The van der Waals surface area contributed by atoms with Crippen LogP contribution in [0.5, 0.6) is 0 Å². The van der Waals surface area contributed by atoms with Crippen molar-refractivity contribution in [2.45, 2.75) is 69.6 Å². The number of nitrogens with zero attached hydrogens (tertiary/aromatic N) is 4. The predicted molar refractivity (Wildman–Crippen MR) is 124 cm³/mol. The number of carbonyl (C=O) groups excluding carboxylic acids is 2. The van der Waals surface area contributed by atoms with E-state index in [-0.39, 0.29) is 23.6 Å². The Balaban J connectivity index is 1.29. The SMILES string of the molecule is C[C@H]1C[C@H](Cc2ccn3ncc(N4CCC(=O)NC4=O)c3c2)CCN1S(=O)(=O)C1CCCC1. The van der Waals surface area contributed by atoms with Gasteiger partial charge in [0.05, 0.1) is 22.7 Å². The molecule has 2 aromatic rings. The van der Waals surface area contributed by atoms with Crippen LogP contribution in [0.4, 0.5) is 10.5 Å². The molecule has 3 aliphatic rings. The Bertz CT molecular complexity index is 1170. The Morgan fingerprint density at radius 1 is 1.15 bits per heavy atom. The number of amides is 3. The highest BCUT2D eigenvalue weighted by Gasteiger charge is 2.39. The molecule has 2 saturated heterocycles. The number of piperidine rings is 1. The quantitative estimate of drug-likeness (QED) is 0.719. The zero-order valence-electron chi connectivity index (χ0n) is 18.9. The van der Waals surface area contributed by atoms with Crippen LogP contribution in [0.2, 0.25) is 0 Å². The summed E-state index contributed by atoms with van der Waals surface area (Å²) < 4.78 is 29.6. The molecule has 1 saturated carbocycles.